The molecule has 1 aromatic heterocycles. The van der Waals surface area contributed by atoms with E-state index in [1.54, 1.807) is 0 Å². The topological polar surface area (TPSA) is 69.0 Å². The van der Waals surface area contributed by atoms with E-state index in [-0.39, 0.29) is 18.1 Å². The third-order valence-electron chi connectivity index (χ3n) is 6.80. The largest absolute Gasteiger partial charge is 0.489 e. The minimum Gasteiger partial charge on any atom is -0.489 e. The SMILES string of the molecule is C[C@@H]1CN(C2=NC(=O)/C(=C/c3cn(-c4ccccc4)nc3-c3ccc(OCc4ccc(Cl)cc4)cc3)S2)C[C@@H](C)O1. The van der Waals surface area contributed by atoms with Gasteiger partial charge in [-0.1, -0.05) is 41.9 Å². The molecule has 0 unspecified atom stereocenters. The van der Waals surface area contributed by atoms with Crippen LogP contribution in [0.2, 0.25) is 5.02 Å². The van der Waals surface area contributed by atoms with Crippen molar-refractivity contribution in [2.24, 2.45) is 4.99 Å². The van der Waals surface area contributed by atoms with Crippen molar-refractivity contribution in [1.82, 2.24) is 14.7 Å². The van der Waals surface area contributed by atoms with Crippen LogP contribution >= 0.6 is 23.4 Å². The molecule has 1 saturated heterocycles. The number of rotatable bonds is 6. The van der Waals surface area contributed by atoms with E-state index in [0.29, 0.717) is 29.6 Å². The third kappa shape index (κ3) is 6.40. The van der Waals surface area contributed by atoms with Gasteiger partial charge in [0.25, 0.3) is 5.91 Å². The molecule has 0 saturated carbocycles. The second kappa shape index (κ2) is 11.9. The number of para-hydroxylation sites is 1. The predicted molar refractivity (Wildman–Crippen MR) is 164 cm³/mol. The number of carbonyl (C=O) groups excluding carboxylic acids is 1. The molecule has 0 aliphatic carbocycles. The second-order valence-electron chi connectivity index (χ2n) is 10.1. The van der Waals surface area contributed by atoms with Crippen LogP contribution in [0.5, 0.6) is 5.75 Å². The summed E-state index contributed by atoms with van der Waals surface area (Å²) < 4.78 is 13.7. The monoisotopic (exact) mass is 584 g/mol. The summed E-state index contributed by atoms with van der Waals surface area (Å²) >= 11 is 7.39. The number of nitrogens with zero attached hydrogens (tertiary/aromatic N) is 4. The molecule has 1 amide bonds. The Balaban J connectivity index is 1.26. The second-order valence-corrected chi connectivity index (χ2v) is 11.6. The van der Waals surface area contributed by atoms with Gasteiger partial charge in [-0.2, -0.15) is 10.1 Å². The lowest BCUT2D eigenvalue weighted by molar-refractivity contribution is -0.113. The van der Waals surface area contributed by atoms with Gasteiger partial charge in [0.05, 0.1) is 28.5 Å². The molecule has 0 spiro atoms. The molecule has 3 heterocycles. The lowest BCUT2D eigenvalue weighted by Gasteiger charge is -2.35. The predicted octanol–water partition coefficient (Wildman–Crippen LogP) is 6.85. The number of hydrogen-bond acceptors (Lipinski definition) is 6. The van der Waals surface area contributed by atoms with Gasteiger partial charge in [0.2, 0.25) is 0 Å². The highest BCUT2D eigenvalue weighted by molar-refractivity contribution is 8.18. The van der Waals surface area contributed by atoms with Gasteiger partial charge in [-0.15, -0.1) is 0 Å². The number of thioether (sulfide) groups is 1. The van der Waals surface area contributed by atoms with Crippen molar-refractivity contribution in [3.05, 3.63) is 106 Å². The number of hydrogen-bond donors (Lipinski definition) is 0. The van der Waals surface area contributed by atoms with E-state index in [1.807, 2.05) is 110 Å². The first-order chi connectivity index (χ1) is 19.9. The Morgan fingerprint density at radius 1 is 1.00 bits per heavy atom. The van der Waals surface area contributed by atoms with Gasteiger partial charge in [0.15, 0.2) is 5.17 Å². The molecule has 208 valence electrons. The Bertz CT molecular complexity index is 1590. The van der Waals surface area contributed by atoms with E-state index >= 15 is 0 Å². The Morgan fingerprint density at radius 2 is 1.71 bits per heavy atom. The van der Waals surface area contributed by atoms with Crippen molar-refractivity contribution in [3.63, 3.8) is 0 Å². The summed E-state index contributed by atoms with van der Waals surface area (Å²) in [5, 5.41) is 6.34. The zero-order chi connectivity index (χ0) is 28.3. The highest BCUT2D eigenvalue weighted by Gasteiger charge is 2.31. The fraction of sp³-hybridized carbons (Fsp3) is 0.219. The van der Waals surface area contributed by atoms with Gasteiger partial charge < -0.3 is 14.4 Å². The van der Waals surface area contributed by atoms with Crippen LogP contribution in [0.4, 0.5) is 0 Å². The fourth-order valence-corrected chi connectivity index (χ4v) is 5.94. The Kier molecular flexibility index (Phi) is 7.96. The van der Waals surface area contributed by atoms with Gasteiger partial charge in [-0.25, -0.2) is 4.68 Å². The summed E-state index contributed by atoms with van der Waals surface area (Å²) in [6, 6.07) is 25.4. The summed E-state index contributed by atoms with van der Waals surface area (Å²) in [6.45, 7) is 5.94. The quantitative estimate of drug-likeness (QED) is 0.231. The number of ether oxygens (including phenoxy) is 2. The maximum atomic E-state index is 13.0. The van der Waals surface area contributed by atoms with Crippen molar-refractivity contribution in [3.8, 4) is 22.7 Å². The Hall–Kier alpha value is -3.85. The van der Waals surface area contributed by atoms with E-state index in [4.69, 9.17) is 26.2 Å². The average Bonchev–Trinajstić information content (AvgIpc) is 3.57. The van der Waals surface area contributed by atoms with Crippen LogP contribution in [0.25, 0.3) is 23.0 Å². The first-order valence-electron chi connectivity index (χ1n) is 13.5. The zero-order valence-corrected chi connectivity index (χ0v) is 24.3. The molecule has 0 bridgehead atoms. The number of halogens is 1. The van der Waals surface area contributed by atoms with E-state index in [2.05, 4.69) is 9.89 Å². The molecule has 4 aromatic rings. The molecule has 0 radical (unpaired) electrons. The Morgan fingerprint density at radius 3 is 2.41 bits per heavy atom. The highest BCUT2D eigenvalue weighted by atomic mass is 35.5. The van der Waals surface area contributed by atoms with Gasteiger partial charge in [0, 0.05) is 35.4 Å². The molecule has 3 aromatic carbocycles. The van der Waals surface area contributed by atoms with E-state index in [0.717, 1.165) is 39.0 Å². The molecule has 2 atom stereocenters. The lowest BCUT2D eigenvalue weighted by Crippen LogP contribution is -2.47. The third-order valence-corrected chi connectivity index (χ3v) is 8.09. The molecule has 7 nitrogen and oxygen atoms in total. The van der Waals surface area contributed by atoms with E-state index in [1.165, 1.54) is 11.8 Å². The van der Waals surface area contributed by atoms with Crippen molar-refractivity contribution in [1.29, 1.82) is 0 Å². The molecule has 2 aliphatic heterocycles. The van der Waals surface area contributed by atoms with Gasteiger partial charge in [-0.3, -0.25) is 4.79 Å². The van der Waals surface area contributed by atoms with Gasteiger partial charge in [-0.05, 0) is 85.8 Å². The van der Waals surface area contributed by atoms with Crippen LogP contribution in [0.3, 0.4) is 0 Å². The number of morpholine rings is 1. The Labute approximate surface area is 248 Å². The summed E-state index contributed by atoms with van der Waals surface area (Å²) in [7, 11) is 0. The average molecular weight is 585 g/mol. The number of carbonyl (C=O) groups is 1. The maximum Gasteiger partial charge on any atom is 0.286 e. The van der Waals surface area contributed by atoms with Crippen molar-refractivity contribution >= 4 is 40.5 Å². The van der Waals surface area contributed by atoms with Crippen molar-refractivity contribution in [2.75, 3.05) is 13.1 Å². The summed E-state index contributed by atoms with van der Waals surface area (Å²) in [6.07, 6.45) is 4.01. The molecule has 41 heavy (non-hydrogen) atoms. The van der Waals surface area contributed by atoms with Gasteiger partial charge in [0.1, 0.15) is 12.4 Å². The summed E-state index contributed by atoms with van der Waals surface area (Å²) in [5.41, 5.74) is 4.48. The first-order valence-corrected chi connectivity index (χ1v) is 14.7. The highest BCUT2D eigenvalue weighted by Crippen LogP contribution is 2.34. The van der Waals surface area contributed by atoms with Crippen molar-refractivity contribution < 1.29 is 14.3 Å². The van der Waals surface area contributed by atoms with Crippen LogP contribution in [-0.4, -0.2) is 51.1 Å². The fourth-order valence-electron chi connectivity index (χ4n) is 4.90. The number of amides is 1. The van der Waals surface area contributed by atoms with Crippen LogP contribution in [0, 0.1) is 0 Å². The number of aliphatic imine (C=N–C) groups is 1. The molecule has 2 aliphatic rings. The van der Waals surface area contributed by atoms with Crippen LogP contribution in [-0.2, 0) is 16.1 Å². The molecule has 9 heteroatoms. The molecule has 0 N–H and O–H groups in total. The number of aromatic nitrogens is 2. The van der Waals surface area contributed by atoms with Crippen molar-refractivity contribution in [2.45, 2.75) is 32.7 Å². The lowest BCUT2D eigenvalue weighted by atomic mass is 10.1. The minimum absolute atomic E-state index is 0.0824. The molecule has 1 fully saturated rings. The van der Waals surface area contributed by atoms with E-state index < -0.39 is 0 Å². The van der Waals surface area contributed by atoms with Crippen LogP contribution in [0.1, 0.15) is 25.0 Å². The zero-order valence-electron chi connectivity index (χ0n) is 22.7. The van der Waals surface area contributed by atoms with E-state index in [9.17, 15) is 4.79 Å². The summed E-state index contributed by atoms with van der Waals surface area (Å²) in [5.74, 6) is 0.515. The first kappa shape index (κ1) is 27.3. The van der Waals surface area contributed by atoms with Crippen LogP contribution in [0.15, 0.2) is 95.0 Å². The summed E-state index contributed by atoms with van der Waals surface area (Å²) in [4.78, 5) is 20.1. The number of benzene rings is 3. The molecule has 6 rings (SSSR count). The molecular weight excluding hydrogens is 556 g/mol. The minimum atomic E-state index is -0.235. The normalized spacial score (nSPS) is 20.0. The standard InChI is InChI=1S/C32H29ClN4O3S/c1-21-17-36(18-22(2)40-21)32-34-31(38)29(41-32)16-25-19-37(27-6-4-3-5-7-27)35-30(25)24-10-14-28(15-11-24)39-20-23-8-12-26(33)13-9-23/h3-16,19,21-22H,17-18,20H2,1-2H3/b29-16-/t21-,22-/m1/s1. The molecular formula is C32H29ClN4O3S. The maximum absolute atomic E-state index is 13.0. The van der Waals surface area contributed by atoms with Gasteiger partial charge >= 0.3 is 0 Å². The number of amidine groups is 1. The van der Waals surface area contributed by atoms with Crippen LogP contribution < -0.4 is 4.74 Å². The smallest absolute Gasteiger partial charge is 0.286 e.